The minimum atomic E-state index is -3.12. The fourth-order valence-corrected chi connectivity index (χ4v) is 13.4. The standard InChI is InChI=1S/C34H62F2O7Si.C28H48F2O7/c1-9-10-22-34(35,36)30(43-44(7,8)33(3,4)5)21-20-27-26(17-13-11-12-14-18-31(38)39-6)28(41-25(2)37)24-29(27)42-32-19-15-16-23-40-32;1-4-5-17-28(29,30)25(32)16-15-22-21(12-8-6-7-9-13-26(33)34-3)23(36-20(2)31)19-24(22)37-27-14-10-11-18-35-27/h26-30,32H,9-24H2,1-8H3;21-25,27,32H,4-19H2,1-3H3/t26-,27-,28+,29-,30?,32?;21-,22-,23+,24-,25?,27?/m11/s1. The zero-order valence-electron chi connectivity index (χ0n) is 51.8. The molecule has 12 atom stereocenters. The molecule has 4 aliphatic rings. The van der Waals surface area contributed by atoms with E-state index in [1.807, 2.05) is 26.9 Å². The van der Waals surface area contributed by atoms with Gasteiger partial charge in [0.15, 0.2) is 20.9 Å². The van der Waals surface area contributed by atoms with E-state index in [9.17, 15) is 33.1 Å². The third-order valence-electron chi connectivity index (χ3n) is 17.8. The molecule has 2 aliphatic carbocycles. The van der Waals surface area contributed by atoms with Crippen LogP contribution in [0, 0.1) is 23.7 Å². The number of unbranched alkanes of at least 4 members (excludes halogenated alkanes) is 8. The van der Waals surface area contributed by atoms with Crippen LogP contribution in [0.3, 0.4) is 0 Å². The second kappa shape index (κ2) is 37.2. The van der Waals surface area contributed by atoms with Crippen LogP contribution in [0.1, 0.15) is 241 Å². The predicted octanol–water partition coefficient (Wildman–Crippen LogP) is 14.9. The van der Waals surface area contributed by atoms with Crippen molar-refractivity contribution in [2.45, 2.75) is 320 Å². The average Bonchev–Trinajstić information content (AvgIpc) is 3.92. The molecule has 2 aliphatic heterocycles. The molecule has 4 fully saturated rings. The zero-order valence-corrected chi connectivity index (χ0v) is 52.8. The lowest BCUT2D eigenvalue weighted by Crippen LogP contribution is -2.49. The van der Waals surface area contributed by atoms with Gasteiger partial charge in [0.1, 0.15) is 24.4 Å². The van der Waals surface area contributed by atoms with Gasteiger partial charge in [0, 0.05) is 77.4 Å². The van der Waals surface area contributed by atoms with Gasteiger partial charge in [-0.25, -0.2) is 17.6 Å². The molecule has 0 aromatic rings. The van der Waals surface area contributed by atoms with Crippen molar-refractivity contribution in [2.75, 3.05) is 27.4 Å². The van der Waals surface area contributed by atoms with Crippen molar-refractivity contribution in [2.24, 2.45) is 23.7 Å². The van der Waals surface area contributed by atoms with Gasteiger partial charge in [-0.15, -0.1) is 0 Å². The number of rotatable bonds is 36. The Hall–Kier alpha value is -2.42. The van der Waals surface area contributed by atoms with Gasteiger partial charge in [0.2, 0.25) is 0 Å². The first kappa shape index (κ1) is 72.8. The van der Waals surface area contributed by atoms with E-state index in [1.165, 1.54) is 28.1 Å². The highest BCUT2D eigenvalue weighted by molar-refractivity contribution is 6.74. The Morgan fingerprint density at radius 2 is 0.975 bits per heavy atom. The minimum Gasteiger partial charge on any atom is -0.469 e. The number of hydrogen-bond donors (Lipinski definition) is 1. The smallest absolute Gasteiger partial charge is 0.305 e. The Kier molecular flexibility index (Phi) is 33.5. The fourth-order valence-electron chi connectivity index (χ4n) is 12.1. The van der Waals surface area contributed by atoms with Crippen LogP contribution in [-0.2, 0) is 61.5 Å². The Labute approximate surface area is 486 Å². The number of aliphatic hydroxyl groups is 1. The van der Waals surface area contributed by atoms with Gasteiger partial charge in [-0.3, -0.25) is 19.2 Å². The van der Waals surface area contributed by atoms with Gasteiger partial charge in [0.05, 0.1) is 26.4 Å². The van der Waals surface area contributed by atoms with Crippen molar-refractivity contribution in [1.29, 1.82) is 0 Å². The van der Waals surface area contributed by atoms with Crippen molar-refractivity contribution in [3.8, 4) is 0 Å². The summed E-state index contributed by atoms with van der Waals surface area (Å²) in [7, 11) is 0.303. The molecule has 4 rings (SSSR count). The Balaban J connectivity index is 0.000000432. The molecule has 14 nitrogen and oxygen atoms in total. The lowest BCUT2D eigenvalue weighted by Gasteiger charge is -2.42. The Morgan fingerprint density at radius 1 is 0.568 bits per heavy atom. The quantitative estimate of drug-likeness (QED) is 0.0206. The summed E-state index contributed by atoms with van der Waals surface area (Å²) in [4.78, 5) is 46.9. The molecule has 0 radical (unpaired) electrons. The lowest BCUT2D eigenvalue weighted by atomic mass is 9.84. The largest absolute Gasteiger partial charge is 0.469 e. The summed E-state index contributed by atoms with van der Waals surface area (Å²) in [5.74, 6) is -7.42. The maximum atomic E-state index is 15.8. The number of carbonyl (C=O) groups excluding carboxylic acids is 4. The average molecular weight is 1180 g/mol. The van der Waals surface area contributed by atoms with Crippen molar-refractivity contribution in [3.05, 3.63) is 0 Å². The normalized spacial score (nSPS) is 26.3. The van der Waals surface area contributed by atoms with Crippen LogP contribution in [0.4, 0.5) is 17.6 Å². The highest BCUT2D eigenvalue weighted by Crippen LogP contribution is 2.48. The number of ether oxygens (including phenoxy) is 8. The molecule has 2 saturated heterocycles. The summed E-state index contributed by atoms with van der Waals surface area (Å²) >= 11 is 0. The molecule has 1 N–H and O–H groups in total. The van der Waals surface area contributed by atoms with E-state index >= 15 is 8.78 Å². The summed E-state index contributed by atoms with van der Waals surface area (Å²) in [5.41, 5.74) is 0. The molecule has 2 saturated carbocycles. The maximum absolute atomic E-state index is 15.8. The second-order valence-corrected chi connectivity index (χ2v) is 29.9. The number of hydrogen-bond acceptors (Lipinski definition) is 14. The van der Waals surface area contributed by atoms with Gasteiger partial charge >= 0.3 is 23.9 Å². The van der Waals surface area contributed by atoms with E-state index in [-0.39, 0.29) is 115 Å². The van der Waals surface area contributed by atoms with Crippen LogP contribution in [0.5, 0.6) is 0 Å². The zero-order chi connectivity index (χ0) is 60.2. The number of aliphatic hydroxyl groups excluding tert-OH is 1. The highest BCUT2D eigenvalue weighted by Gasteiger charge is 2.51. The molecular formula is C62H110F4O14Si. The van der Waals surface area contributed by atoms with Crippen LogP contribution in [-0.4, -0.2) is 126 Å². The molecule has 0 bridgehead atoms. The van der Waals surface area contributed by atoms with E-state index in [4.69, 9.17) is 37.6 Å². The monoisotopic (exact) mass is 1180 g/mol. The van der Waals surface area contributed by atoms with Crippen LogP contribution < -0.4 is 0 Å². The SMILES string of the molecule is CCCCC(F)(F)C(CC[C@@H]1[C@@H](CCCCCCC(=O)OC)[C@@H](OC(C)=O)C[C@H]1OC1CCCCO1)O[Si](C)(C)C(C)(C)C.CCCCC(F)(F)C(O)CC[C@@H]1[C@@H](CCCCCCC(=O)OC)[C@@H](OC(C)=O)C[C@H]1OC1CCCCO1. The first-order chi connectivity index (χ1) is 38.3. The van der Waals surface area contributed by atoms with Crippen LogP contribution in [0.2, 0.25) is 18.1 Å². The minimum absolute atomic E-state index is 0.00844. The molecule has 81 heavy (non-hydrogen) atoms. The summed E-state index contributed by atoms with van der Waals surface area (Å²) in [6, 6.07) is 0. The number of carbonyl (C=O) groups is 4. The van der Waals surface area contributed by atoms with Crippen molar-refractivity contribution < 1.29 is 84.2 Å². The number of halogens is 4. The molecule has 0 spiro atoms. The molecule has 474 valence electrons. The topological polar surface area (TPSA) is 172 Å². The van der Waals surface area contributed by atoms with Gasteiger partial charge in [-0.05, 0) is 133 Å². The number of methoxy groups -OCH3 is 2. The molecule has 19 heteroatoms. The summed E-state index contributed by atoms with van der Waals surface area (Å²) < 4.78 is 113. The lowest BCUT2D eigenvalue weighted by molar-refractivity contribution is -0.198. The first-order valence-corrected chi connectivity index (χ1v) is 34.3. The van der Waals surface area contributed by atoms with Crippen LogP contribution in [0.15, 0.2) is 0 Å². The van der Waals surface area contributed by atoms with E-state index < -0.39 is 32.4 Å². The Bertz CT molecular complexity index is 1780. The maximum Gasteiger partial charge on any atom is 0.305 e. The van der Waals surface area contributed by atoms with Crippen molar-refractivity contribution in [1.82, 2.24) is 0 Å². The number of alkyl halides is 4. The molecule has 0 amide bonds. The predicted molar refractivity (Wildman–Crippen MR) is 306 cm³/mol. The third kappa shape index (κ3) is 26.4. The third-order valence-corrected chi connectivity index (χ3v) is 22.2. The van der Waals surface area contributed by atoms with E-state index in [1.54, 1.807) is 0 Å². The highest BCUT2D eigenvalue weighted by atomic mass is 28.4. The van der Waals surface area contributed by atoms with Crippen LogP contribution >= 0.6 is 0 Å². The summed E-state index contributed by atoms with van der Waals surface area (Å²) in [5, 5.41) is 10.2. The molecule has 2 heterocycles. The van der Waals surface area contributed by atoms with Crippen LogP contribution in [0.25, 0.3) is 0 Å². The van der Waals surface area contributed by atoms with Crippen molar-refractivity contribution in [3.63, 3.8) is 0 Å². The molecule has 0 aromatic heterocycles. The molecular weight excluding hydrogens is 1070 g/mol. The fraction of sp³-hybridized carbons (Fsp3) is 0.935. The first-order valence-electron chi connectivity index (χ1n) is 31.4. The van der Waals surface area contributed by atoms with Gasteiger partial charge in [-0.2, -0.15) is 0 Å². The summed E-state index contributed by atoms with van der Waals surface area (Å²) in [6.45, 7) is 18.2. The van der Waals surface area contributed by atoms with Gasteiger partial charge in [-0.1, -0.05) is 86.0 Å². The van der Waals surface area contributed by atoms with E-state index in [0.717, 1.165) is 103 Å². The second-order valence-electron chi connectivity index (χ2n) is 25.2. The number of esters is 4. The Morgan fingerprint density at radius 3 is 1.36 bits per heavy atom. The van der Waals surface area contributed by atoms with E-state index in [0.29, 0.717) is 77.4 Å². The summed E-state index contributed by atoms with van der Waals surface area (Å²) in [6.07, 6.45) is 13.8. The van der Waals surface area contributed by atoms with E-state index in [2.05, 4.69) is 25.5 Å². The molecule has 0 aromatic carbocycles. The molecule has 4 unspecified atom stereocenters. The van der Waals surface area contributed by atoms with Crippen molar-refractivity contribution >= 4 is 32.2 Å². The van der Waals surface area contributed by atoms with Gasteiger partial charge in [0.25, 0.3) is 11.8 Å². The van der Waals surface area contributed by atoms with Gasteiger partial charge < -0.3 is 47.4 Å².